The van der Waals surface area contributed by atoms with Gasteiger partial charge in [0, 0.05) is 22.2 Å². The van der Waals surface area contributed by atoms with Gasteiger partial charge in [-0.1, -0.05) is 26.0 Å². The van der Waals surface area contributed by atoms with Gasteiger partial charge in [-0.2, -0.15) is 0 Å². The second-order valence-electron chi connectivity index (χ2n) is 5.64. The molecule has 0 aliphatic heterocycles. The van der Waals surface area contributed by atoms with Crippen LogP contribution in [0.4, 0.5) is 5.69 Å². The molecule has 0 aromatic heterocycles. The molecule has 24 heavy (non-hydrogen) atoms. The lowest BCUT2D eigenvalue weighted by molar-refractivity contribution is 0.406. The van der Waals surface area contributed by atoms with E-state index in [9.17, 15) is 0 Å². The number of aryl methyl sites for hydroxylation is 1. The van der Waals surface area contributed by atoms with Crippen molar-refractivity contribution in [2.75, 3.05) is 25.8 Å². The summed E-state index contributed by atoms with van der Waals surface area (Å²) in [4.78, 5) is 1.18. The van der Waals surface area contributed by atoms with Crippen LogP contribution in [0.15, 0.2) is 41.3 Å². The van der Waals surface area contributed by atoms with E-state index in [1.54, 1.807) is 26.0 Å². The maximum atomic E-state index is 5.63. The first-order valence-electron chi connectivity index (χ1n) is 8.31. The molecule has 0 saturated carbocycles. The molecule has 130 valence electrons. The zero-order chi connectivity index (χ0) is 17.5. The molecule has 0 aliphatic carbocycles. The molecular formula is C20H27NO2S. The third-order valence-corrected chi connectivity index (χ3v) is 4.89. The molecular weight excluding hydrogens is 318 g/mol. The lowest BCUT2D eigenvalue weighted by atomic mass is 10.00. The number of hydrogen-bond acceptors (Lipinski definition) is 4. The number of nitrogens with one attached hydrogen (secondary N) is 1. The molecule has 1 atom stereocenters. The van der Waals surface area contributed by atoms with E-state index < -0.39 is 0 Å². The fourth-order valence-corrected chi connectivity index (χ4v) is 3.23. The summed E-state index contributed by atoms with van der Waals surface area (Å²) in [6.45, 7) is 4.34. The van der Waals surface area contributed by atoms with Gasteiger partial charge in [-0.3, -0.25) is 0 Å². The van der Waals surface area contributed by atoms with E-state index in [0.29, 0.717) is 0 Å². The van der Waals surface area contributed by atoms with Crippen molar-refractivity contribution in [3.8, 4) is 11.5 Å². The number of benzene rings is 2. The largest absolute Gasteiger partial charge is 0.497 e. The van der Waals surface area contributed by atoms with Gasteiger partial charge < -0.3 is 14.8 Å². The SMILES string of the molecule is CCc1ccc(C(CC)Nc2cc(OC)cc(SC)c2)c(OC)c1. The molecule has 0 saturated heterocycles. The average molecular weight is 346 g/mol. The highest BCUT2D eigenvalue weighted by molar-refractivity contribution is 7.98. The molecule has 0 radical (unpaired) electrons. The molecule has 0 spiro atoms. The molecule has 0 fully saturated rings. The second kappa shape index (κ2) is 8.88. The number of anilines is 1. The Labute approximate surface area is 149 Å². The Morgan fingerprint density at radius 3 is 2.42 bits per heavy atom. The molecule has 4 heteroatoms. The minimum atomic E-state index is 0.188. The maximum absolute atomic E-state index is 5.63. The van der Waals surface area contributed by atoms with Crippen molar-refractivity contribution in [3.05, 3.63) is 47.5 Å². The number of ether oxygens (including phenoxy) is 2. The van der Waals surface area contributed by atoms with Gasteiger partial charge in [-0.15, -0.1) is 11.8 Å². The molecule has 3 nitrogen and oxygen atoms in total. The van der Waals surface area contributed by atoms with E-state index in [0.717, 1.165) is 30.0 Å². The topological polar surface area (TPSA) is 30.5 Å². The van der Waals surface area contributed by atoms with Crippen LogP contribution in [0, 0.1) is 0 Å². The van der Waals surface area contributed by atoms with Crippen LogP contribution in [0.5, 0.6) is 11.5 Å². The van der Waals surface area contributed by atoms with Gasteiger partial charge in [0.15, 0.2) is 0 Å². The third kappa shape index (κ3) is 4.38. The Kier molecular flexibility index (Phi) is 6.85. The lowest BCUT2D eigenvalue weighted by Gasteiger charge is -2.22. The van der Waals surface area contributed by atoms with Crippen LogP contribution >= 0.6 is 11.8 Å². The minimum absolute atomic E-state index is 0.188. The Hall–Kier alpha value is -1.81. The van der Waals surface area contributed by atoms with Gasteiger partial charge >= 0.3 is 0 Å². The fourth-order valence-electron chi connectivity index (χ4n) is 2.76. The van der Waals surface area contributed by atoms with Crippen LogP contribution in [0.1, 0.15) is 37.4 Å². The predicted octanol–water partition coefficient (Wildman–Crippen LogP) is 5.55. The van der Waals surface area contributed by atoms with E-state index in [1.165, 1.54) is 16.0 Å². The first kappa shape index (κ1) is 18.5. The molecule has 0 aliphatic rings. The van der Waals surface area contributed by atoms with E-state index in [1.807, 2.05) is 12.1 Å². The Morgan fingerprint density at radius 1 is 1.04 bits per heavy atom. The van der Waals surface area contributed by atoms with Crippen molar-refractivity contribution in [3.63, 3.8) is 0 Å². The summed E-state index contributed by atoms with van der Waals surface area (Å²) < 4.78 is 11.0. The van der Waals surface area contributed by atoms with E-state index in [4.69, 9.17) is 9.47 Å². The van der Waals surface area contributed by atoms with Crippen LogP contribution in [-0.4, -0.2) is 20.5 Å². The summed E-state index contributed by atoms with van der Waals surface area (Å²) in [5.74, 6) is 1.81. The number of hydrogen-bond donors (Lipinski definition) is 1. The molecule has 0 bridgehead atoms. The zero-order valence-corrected chi connectivity index (χ0v) is 16.0. The summed E-state index contributed by atoms with van der Waals surface area (Å²) in [7, 11) is 3.44. The zero-order valence-electron chi connectivity index (χ0n) is 15.2. The smallest absolute Gasteiger partial charge is 0.124 e. The second-order valence-corrected chi connectivity index (χ2v) is 6.52. The molecule has 2 aromatic rings. The molecule has 1 unspecified atom stereocenters. The van der Waals surface area contributed by atoms with Crippen molar-refractivity contribution in [1.29, 1.82) is 0 Å². The monoisotopic (exact) mass is 345 g/mol. The molecule has 2 rings (SSSR count). The Balaban J connectivity index is 2.33. The van der Waals surface area contributed by atoms with Gasteiger partial charge in [0.2, 0.25) is 0 Å². The van der Waals surface area contributed by atoms with Gasteiger partial charge in [-0.25, -0.2) is 0 Å². The van der Waals surface area contributed by atoms with Crippen molar-refractivity contribution >= 4 is 17.4 Å². The highest BCUT2D eigenvalue weighted by atomic mass is 32.2. The molecule has 0 amide bonds. The first-order chi connectivity index (χ1) is 11.6. The third-order valence-electron chi connectivity index (χ3n) is 4.18. The lowest BCUT2D eigenvalue weighted by Crippen LogP contribution is -2.11. The summed E-state index contributed by atoms with van der Waals surface area (Å²) in [6.07, 6.45) is 4.05. The van der Waals surface area contributed by atoms with Crippen molar-refractivity contribution in [1.82, 2.24) is 0 Å². The van der Waals surface area contributed by atoms with Gasteiger partial charge in [0.25, 0.3) is 0 Å². The van der Waals surface area contributed by atoms with Crippen LogP contribution in [0.3, 0.4) is 0 Å². The van der Waals surface area contributed by atoms with Gasteiger partial charge in [0.05, 0.1) is 20.3 Å². The van der Waals surface area contributed by atoms with E-state index in [-0.39, 0.29) is 6.04 Å². The number of methoxy groups -OCH3 is 2. The van der Waals surface area contributed by atoms with Crippen molar-refractivity contribution < 1.29 is 9.47 Å². The quantitative estimate of drug-likeness (QED) is 0.635. The van der Waals surface area contributed by atoms with Crippen molar-refractivity contribution in [2.45, 2.75) is 37.6 Å². The van der Waals surface area contributed by atoms with Crippen molar-refractivity contribution in [2.24, 2.45) is 0 Å². The minimum Gasteiger partial charge on any atom is -0.497 e. The summed E-state index contributed by atoms with van der Waals surface area (Å²) >= 11 is 1.71. The van der Waals surface area contributed by atoms with Crippen LogP contribution in [-0.2, 0) is 6.42 Å². The highest BCUT2D eigenvalue weighted by Gasteiger charge is 2.15. The number of thioether (sulfide) groups is 1. The number of rotatable bonds is 8. The average Bonchev–Trinajstić information content (AvgIpc) is 2.65. The van der Waals surface area contributed by atoms with Gasteiger partial charge in [0.1, 0.15) is 11.5 Å². The predicted molar refractivity (Wildman–Crippen MR) is 104 cm³/mol. The molecule has 2 aromatic carbocycles. The Morgan fingerprint density at radius 2 is 1.83 bits per heavy atom. The van der Waals surface area contributed by atoms with Crippen LogP contribution in [0.2, 0.25) is 0 Å². The summed E-state index contributed by atoms with van der Waals surface area (Å²) in [6, 6.07) is 12.9. The standard InChI is InChI=1S/C20H27NO2S/c1-6-14-8-9-18(20(10-14)23-4)19(7-2)21-15-11-16(22-3)13-17(12-15)24-5/h8-13,19,21H,6-7H2,1-5H3. The summed E-state index contributed by atoms with van der Waals surface area (Å²) in [5.41, 5.74) is 3.54. The highest BCUT2D eigenvalue weighted by Crippen LogP contribution is 2.33. The fraction of sp³-hybridized carbons (Fsp3) is 0.400. The maximum Gasteiger partial charge on any atom is 0.124 e. The molecule has 1 N–H and O–H groups in total. The molecule has 0 heterocycles. The van der Waals surface area contributed by atoms with Gasteiger partial charge in [-0.05, 0) is 42.9 Å². The van der Waals surface area contributed by atoms with E-state index in [2.05, 4.69) is 49.7 Å². The van der Waals surface area contributed by atoms with E-state index >= 15 is 0 Å². The first-order valence-corrected chi connectivity index (χ1v) is 9.54. The van der Waals surface area contributed by atoms with Crippen LogP contribution < -0.4 is 14.8 Å². The van der Waals surface area contributed by atoms with Crippen LogP contribution in [0.25, 0.3) is 0 Å². The Bertz CT molecular complexity index is 650. The summed E-state index contributed by atoms with van der Waals surface area (Å²) in [5, 5.41) is 3.63. The normalized spacial score (nSPS) is 11.9.